The average Bonchev–Trinajstić information content (AvgIpc) is 3.11. The molecule has 1 amide bonds. The van der Waals surface area contributed by atoms with Crippen molar-refractivity contribution in [1.29, 1.82) is 0 Å². The predicted octanol–water partition coefficient (Wildman–Crippen LogP) is 4.17. The Morgan fingerprint density at radius 3 is 2.67 bits per heavy atom. The fourth-order valence-electron chi connectivity index (χ4n) is 3.29. The zero-order valence-electron chi connectivity index (χ0n) is 16.1. The van der Waals surface area contributed by atoms with Gasteiger partial charge in [0.15, 0.2) is 0 Å². The molecule has 0 aliphatic carbocycles. The molecule has 0 fully saturated rings. The van der Waals surface area contributed by atoms with Crippen LogP contribution in [0.4, 0.5) is 0 Å². The minimum Gasteiger partial charge on any atom is -0.497 e. The van der Waals surface area contributed by atoms with Crippen molar-refractivity contribution in [3.8, 4) is 11.5 Å². The second kappa shape index (κ2) is 8.62. The van der Waals surface area contributed by atoms with Crippen molar-refractivity contribution in [3.05, 3.63) is 59.8 Å². The predicted molar refractivity (Wildman–Crippen MR) is 107 cm³/mol. The molecule has 1 aromatic heterocycles. The first-order valence-corrected chi connectivity index (χ1v) is 9.12. The molecule has 0 spiro atoms. The minimum atomic E-state index is 0.132. The van der Waals surface area contributed by atoms with Gasteiger partial charge in [0.2, 0.25) is 5.91 Å². The van der Waals surface area contributed by atoms with E-state index in [0.717, 1.165) is 35.4 Å². The van der Waals surface area contributed by atoms with Crippen molar-refractivity contribution in [2.45, 2.75) is 25.8 Å². The molecule has 3 aromatic rings. The Morgan fingerprint density at radius 2 is 1.89 bits per heavy atom. The Morgan fingerprint density at radius 1 is 1.07 bits per heavy atom. The quantitative estimate of drug-likeness (QED) is 0.651. The summed E-state index contributed by atoms with van der Waals surface area (Å²) in [5, 5.41) is 1.24. The monoisotopic (exact) mass is 366 g/mol. The van der Waals surface area contributed by atoms with Crippen molar-refractivity contribution in [1.82, 2.24) is 9.88 Å². The molecule has 2 aromatic carbocycles. The van der Waals surface area contributed by atoms with Crippen LogP contribution in [0.2, 0.25) is 0 Å². The van der Waals surface area contributed by atoms with E-state index in [1.807, 2.05) is 43.6 Å². The molecule has 142 valence electrons. The molecule has 0 aliphatic heterocycles. The fourth-order valence-corrected chi connectivity index (χ4v) is 3.29. The topological polar surface area (TPSA) is 54.6 Å². The zero-order valence-corrected chi connectivity index (χ0v) is 16.1. The Labute approximate surface area is 159 Å². The van der Waals surface area contributed by atoms with Crippen LogP contribution in [0, 0.1) is 0 Å². The van der Waals surface area contributed by atoms with E-state index in [2.05, 4.69) is 17.1 Å². The van der Waals surface area contributed by atoms with Crippen LogP contribution < -0.4 is 9.47 Å². The smallest absolute Gasteiger partial charge is 0.222 e. The summed E-state index contributed by atoms with van der Waals surface area (Å²) in [4.78, 5) is 17.5. The normalized spacial score (nSPS) is 10.8. The van der Waals surface area contributed by atoms with Crippen LogP contribution in [-0.4, -0.2) is 37.1 Å². The van der Waals surface area contributed by atoms with E-state index < -0.39 is 0 Å². The maximum atomic E-state index is 12.5. The molecule has 0 saturated heterocycles. The summed E-state index contributed by atoms with van der Waals surface area (Å²) in [5.41, 5.74) is 3.37. The van der Waals surface area contributed by atoms with Gasteiger partial charge < -0.3 is 19.4 Å². The van der Waals surface area contributed by atoms with Gasteiger partial charge in [-0.25, -0.2) is 0 Å². The van der Waals surface area contributed by atoms with Gasteiger partial charge in [0.25, 0.3) is 0 Å². The molecule has 27 heavy (non-hydrogen) atoms. The third-order valence-electron chi connectivity index (χ3n) is 4.84. The van der Waals surface area contributed by atoms with Crippen molar-refractivity contribution in [2.24, 2.45) is 0 Å². The highest BCUT2D eigenvalue weighted by atomic mass is 16.5. The number of fused-ring (bicyclic) bond motifs is 1. The highest BCUT2D eigenvalue weighted by Crippen LogP contribution is 2.26. The summed E-state index contributed by atoms with van der Waals surface area (Å²) < 4.78 is 10.6. The number of hydrogen-bond donors (Lipinski definition) is 1. The summed E-state index contributed by atoms with van der Waals surface area (Å²) in [6.45, 7) is 0.513. The standard InChI is InChI=1S/C22H26N2O3/c1-24(15-17-11-12-18(26-2)13-21(17)27-3)22(25)10-6-7-16-14-23-20-9-5-4-8-19(16)20/h4-5,8-9,11-14,23H,6-7,10,15H2,1-3H3. The van der Waals surface area contributed by atoms with Gasteiger partial charge in [0, 0.05) is 48.7 Å². The number of para-hydroxylation sites is 1. The van der Waals surface area contributed by atoms with E-state index in [0.29, 0.717) is 13.0 Å². The van der Waals surface area contributed by atoms with Gasteiger partial charge in [0.05, 0.1) is 14.2 Å². The van der Waals surface area contributed by atoms with Crippen molar-refractivity contribution in [3.63, 3.8) is 0 Å². The van der Waals surface area contributed by atoms with E-state index in [1.54, 1.807) is 19.1 Å². The van der Waals surface area contributed by atoms with Crippen molar-refractivity contribution < 1.29 is 14.3 Å². The summed E-state index contributed by atoms with van der Waals surface area (Å²) in [6, 6.07) is 13.9. The molecular formula is C22H26N2O3. The maximum Gasteiger partial charge on any atom is 0.222 e. The number of benzene rings is 2. The Balaban J connectivity index is 1.55. The SMILES string of the molecule is COc1ccc(CN(C)C(=O)CCCc2c[nH]c3ccccc23)c(OC)c1. The lowest BCUT2D eigenvalue weighted by atomic mass is 10.1. The number of carbonyl (C=O) groups is 1. The van der Waals surface area contributed by atoms with Crippen LogP contribution in [0.25, 0.3) is 10.9 Å². The third kappa shape index (κ3) is 4.42. The third-order valence-corrected chi connectivity index (χ3v) is 4.84. The van der Waals surface area contributed by atoms with E-state index in [9.17, 15) is 4.79 Å². The number of carbonyl (C=O) groups excluding carboxylic acids is 1. The molecule has 0 radical (unpaired) electrons. The first-order valence-electron chi connectivity index (χ1n) is 9.12. The molecule has 1 N–H and O–H groups in total. The zero-order chi connectivity index (χ0) is 19.2. The summed E-state index contributed by atoms with van der Waals surface area (Å²) in [7, 11) is 5.08. The van der Waals surface area contributed by atoms with E-state index in [4.69, 9.17) is 9.47 Å². The van der Waals surface area contributed by atoms with Gasteiger partial charge >= 0.3 is 0 Å². The minimum absolute atomic E-state index is 0.132. The molecule has 5 heteroatoms. The highest BCUT2D eigenvalue weighted by Gasteiger charge is 2.13. The maximum absolute atomic E-state index is 12.5. The number of aromatic amines is 1. The van der Waals surface area contributed by atoms with E-state index >= 15 is 0 Å². The summed E-state index contributed by atoms with van der Waals surface area (Å²) >= 11 is 0. The largest absolute Gasteiger partial charge is 0.497 e. The Kier molecular flexibility index (Phi) is 6.01. The van der Waals surface area contributed by atoms with Gasteiger partial charge in [-0.2, -0.15) is 0 Å². The van der Waals surface area contributed by atoms with E-state index in [1.165, 1.54) is 10.9 Å². The molecule has 0 unspecified atom stereocenters. The van der Waals surface area contributed by atoms with Crippen LogP contribution in [0.3, 0.4) is 0 Å². The number of aromatic nitrogens is 1. The van der Waals surface area contributed by atoms with Crippen LogP contribution in [0.1, 0.15) is 24.0 Å². The molecule has 1 heterocycles. The molecule has 0 saturated carbocycles. The fraction of sp³-hybridized carbons (Fsp3) is 0.318. The lowest BCUT2D eigenvalue weighted by Crippen LogP contribution is -2.26. The summed E-state index contributed by atoms with van der Waals surface area (Å²) in [5.74, 6) is 1.60. The second-order valence-electron chi connectivity index (χ2n) is 6.64. The van der Waals surface area contributed by atoms with Gasteiger partial charge in [0.1, 0.15) is 11.5 Å². The van der Waals surface area contributed by atoms with Gasteiger partial charge in [-0.05, 0) is 36.6 Å². The number of ether oxygens (including phenoxy) is 2. The van der Waals surface area contributed by atoms with Crippen LogP contribution >= 0.6 is 0 Å². The van der Waals surface area contributed by atoms with Crippen LogP contribution in [0.15, 0.2) is 48.7 Å². The Bertz CT molecular complexity index is 917. The molecule has 5 nitrogen and oxygen atoms in total. The van der Waals surface area contributed by atoms with Crippen LogP contribution in [-0.2, 0) is 17.8 Å². The number of aryl methyl sites for hydroxylation is 1. The number of hydrogen-bond acceptors (Lipinski definition) is 3. The number of nitrogens with zero attached hydrogens (tertiary/aromatic N) is 1. The number of H-pyrrole nitrogens is 1. The van der Waals surface area contributed by atoms with Crippen LogP contribution in [0.5, 0.6) is 11.5 Å². The average molecular weight is 366 g/mol. The Hall–Kier alpha value is -2.95. The van der Waals surface area contributed by atoms with E-state index in [-0.39, 0.29) is 5.91 Å². The highest BCUT2D eigenvalue weighted by molar-refractivity contribution is 5.83. The molecule has 0 aliphatic rings. The van der Waals surface area contributed by atoms with Crippen molar-refractivity contribution in [2.75, 3.05) is 21.3 Å². The molecular weight excluding hydrogens is 340 g/mol. The summed E-state index contributed by atoms with van der Waals surface area (Å²) in [6.07, 6.45) is 4.27. The second-order valence-corrected chi connectivity index (χ2v) is 6.64. The first-order chi connectivity index (χ1) is 13.1. The lowest BCUT2D eigenvalue weighted by molar-refractivity contribution is -0.130. The molecule has 0 atom stereocenters. The van der Waals surface area contributed by atoms with Gasteiger partial charge in [-0.1, -0.05) is 18.2 Å². The molecule has 3 rings (SSSR count). The first kappa shape index (κ1) is 18.8. The van der Waals surface area contributed by atoms with Gasteiger partial charge in [-0.15, -0.1) is 0 Å². The number of rotatable bonds is 8. The number of nitrogens with one attached hydrogen (secondary N) is 1. The number of methoxy groups -OCH3 is 2. The van der Waals surface area contributed by atoms with Gasteiger partial charge in [-0.3, -0.25) is 4.79 Å². The molecule has 0 bridgehead atoms. The number of amides is 1. The lowest BCUT2D eigenvalue weighted by Gasteiger charge is -2.19. The van der Waals surface area contributed by atoms with Crippen molar-refractivity contribution >= 4 is 16.8 Å².